The molecule has 5 fully saturated rings. The van der Waals surface area contributed by atoms with Crippen LogP contribution in [0.1, 0.15) is 127 Å². The number of carboxylic acids is 1. The number of carbonyl (C=O) groups is 1. The zero-order chi connectivity index (χ0) is 36.0. The van der Waals surface area contributed by atoms with Crippen LogP contribution in [0, 0.1) is 35.0 Å². The summed E-state index contributed by atoms with van der Waals surface area (Å²) in [5, 5.41) is 44.2. The van der Waals surface area contributed by atoms with E-state index in [1.165, 1.54) is 56.1 Å². The van der Waals surface area contributed by atoms with E-state index in [0.29, 0.717) is 48.0 Å². The Labute approximate surface area is 310 Å². The molecular formula is C44H64N4O4. The molecule has 0 aromatic heterocycles. The van der Waals surface area contributed by atoms with E-state index in [2.05, 4.69) is 60.1 Å². The second-order valence-electron chi connectivity index (χ2n) is 19.5. The van der Waals surface area contributed by atoms with Crippen molar-refractivity contribution in [1.82, 2.24) is 16.0 Å². The van der Waals surface area contributed by atoms with Gasteiger partial charge in [-0.2, -0.15) is 0 Å². The maximum Gasteiger partial charge on any atom is 0.306 e. The molecule has 8 N–H and O–H groups in total. The first-order valence-electron chi connectivity index (χ1n) is 21.1. The summed E-state index contributed by atoms with van der Waals surface area (Å²) in [6.07, 6.45) is 17.4. The molecule has 11 rings (SSSR count). The molecule has 3 saturated carbocycles. The SMILES string of the molecule is C[C@H]1N[C@H]([C@H]2CC[C@H]3[C@@H](C2)[C@@H]2C4=C5C(=CC4)[C@@H]4CCC[C@@]4(CC[C@@](O)(CC(=O)O)CN[C@@]4(C)C[C@@H](Cc6cccc2c6)N[C@@H](N)C4)C[C@H]53)CC[C@H]1O. The third kappa shape index (κ3) is 6.25. The molecule has 1 aromatic carbocycles. The van der Waals surface area contributed by atoms with E-state index in [1.807, 2.05) is 0 Å². The Balaban J connectivity index is 1.14. The number of aliphatic carboxylic acids is 1. The van der Waals surface area contributed by atoms with Crippen molar-refractivity contribution < 1.29 is 20.1 Å². The summed E-state index contributed by atoms with van der Waals surface area (Å²) in [6.45, 7) is 4.64. The summed E-state index contributed by atoms with van der Waals surface area (Å²) >= 11 is 0. The predicted molar refractivity (Wildman–Crippen MR) is 203 cm³/mol. The van der Waals surface area contributed by atoms with Gasteiger partial charge in [0.15, 0.2) is 0 Å². The van der Waals surface area contributed by atoms with E-state index >= 15 is 0 Å². The first kappa shape index (κ1) is 35.6. The Kier molecular flexibility index (Phi) is 9.11. The fourth-order valence-corrected chi connectivity index (χ4v) is 14.0. The highest BCUT2D eigenvalue weighted by Gasteiger charge is 2.59. The minimum atomic E-state index is -1.32. The van der Waals surface area contributed by atoms with Crippen molar-refractivity contribution >= 4 is 5.97 Å². The molecule has 284 valence electrons. The second-order valence-corrected chi connectivity index (χ2v) is 19.5. The number of nitrogens with one attached hydrogen (secondary N) is 3. The predicted octanol–water partition coefficient (Wildman–Crippen LogP) is 5.68. The highest BCUT2D eigenvalue weighted by atomic mass is 16.4. The molecule has 10 bridgehead atoms. The quantitative estimate of drug-likeness (QED) is 0.213. The lowest BCUT2D eigenvalue weighted by molar-refractivity contribution is -0.143. The van der Waals surface area contributed by atoms with Crippen molar-refractivity contribution in [3.05, 3.63) is 58.2 Å². The standard InChI is InChI=1S/C44H64N4O4/c1-25-37(49)13-12-36(47-25)27-8-9-30-33(19-27)40-28-6-3-5-26(17-28)18-29-20-42(2,22-38(45)48-29)46-24-44(52,23-39(50)51)16-15-43-14-4-7-35(43)31-10-11-32(40)41(31)34(30)21-43/h3,5-6,10,17,25,27,29-30,33-38,40,46-49,52H,4,7-9,11-16,18-24,45H2,1-2H3,(H,50,51)/t25-,27+,29-,30+,33-,34+,35+,36+,37-,38-,40+,42+,43-,44-/m1/s1. The fourth-order valence-electron chi connectivity index (χ4n) is 14.0. The van der Waals surface area contributed by atoms with Crippen molar-refractivity contribution in [3.63, 3.8) is 0 Å². The van der Waals surface area contributed by atoms with Gasteiger partial charge in [-0.25, -0.2) is 0 Å². The highest BCUT2D eigenvalue weighted by molar-refractivity contribution is 5.68. The molecule has 0 amide bonds. The normalized spacial score (nSPS) is 47.3. The lowest BCUT2D eigenvalue weighted by Gasteiger charge is -2.56. The van der Waals surface area contributed by atoms with Crippen LogP contribution in [0.2, 0.25) is 0 Å². The van der Waals surface area contributed by atoms with Crippen molar-refractivity contribution in [1.29, 1.82) is 0 Å². The van der Waals surface area contributed by atoms with E-state index < -0.39 is 11.6 Å². The van der Waals surface area contributed by atoms with Crippen molar-refractivity contribution in [3.8, 4) is 0 Å². The average molecular weight is 713 g/mol. The van der Waals surface area contributed by atoms with Gasteiger partial charge in [-0.3, -0.25) is 10.1 Å². The number of benzene rings is 1. The summed E-state index contributed by atoms with van der Waals surface area (Å²) in [5.41, 5.74) is 13.1. The molecule has 0 unspecified atom stereocenters. The first-order valence-corrected chi connectivity index (χ1v) is 21.1. The molecule has 1 aromatic rings. The van der Waals surface area contributed by atoms with E-state index in [0.717, 1.165) is 44.9 Å². The van der Waals surface area contributed by atoms with Crippen LogP contribution in [0.3, 0.4) is 0 Å². The molecule has 14 atom stereocenters. The van der Waals surface area contributed by atoms with Gasteiger partial charge in [0.1, 0.15) is 0 Å². The molecule has 5 aliphatic heterocycles. The number of hydrogen-bond donors (Lipinski definition) is 7. The van der Waals surface area contributed by atoms with Crippen LogP contribution in [0.5, 0.6) is 0 Å². The van der Waals surface area contributed by atoms with Crippen LogP contribution in [-0.4, -0.2) is 69.4 Å². The van der Waals surface area contributed by atoms with Gasteiger partial charge in [-0.1, -0.05) is 42.3 Å². The Morgan fingerprint density at radius 1 is 1.02 bits per heavy atom. The smallest absolute Gasteiger partial charge is 0.306 e. The first-order chi connectivity index (χ1) is 24.9. The number of β-amino-alcohol motifs (C(OH)–C–C–N with tert-alkyl or cyclic N) is 1. The van der Waals surface area contributed by atoms with E-state index in [4.69, 9.17) is 5.73 Å². The van der Waals surface area contributed by atoms with Gasteiger partial charge in [0, 0.05) is 36.1 Å². The van der Waals surface area contributed by atoms with Gasteiger partial charge in [0.05, 0.1) is 24.3 Å². The Morgan fingerprint density at radius 2 is 1.88 bits per heavy atom. The van der Waals surface area contributed by atoms with Gasteiger partial charge in [-0.15, -0.1) is 0 Å². The largest absolute Gasteiger partial charge is 0.481 e. The van der Waals surface area contributed by atoms with Gasteiger partial charge in [0.25, 0.3) is 0 Å². The lowest BCUT2D eigenvalue weighted by Crippen LogP contribution is -2.63. The molecule has 5 aliphatic carbocycles. The Hall–Kier alpha value is -2.07. The number of aliphatic hydroxyl groups is 2. The van der Waals surface area contributed by atoms with Crippen LogP contribution in [0.4, 0.5) is 0 Å². The molecule has 52 heavy (non-hydrogen) atoms. The monoisotopic (exact) mass is 712 g/mol. The van der Waals surface area contributed by atoms with Crippen LogP contribution in [-0.2, 0) is 11.2 Å². The molecule has 1 spiro atoms. The molecule has 5 heterocycles. The number of rotatable bonds is 3. The Bertz CT molecular complexity index is 1630. The zero-order valence-electron chi connectivity index (χ0n) is 31.6. The number of nitrogens with two attached hydrogens (primary N) is 1. The molecular weight excluding hydrogens is 649 g/mol. The number of allylic oxidation sites excluding steroid dienone is 4. The number of piperidine rings is 2. The topological polar surface area (TPSA) is 140 Å². The maximum atomic E-state index is 12.3. The van der Waals surface area contributed by atoms with E-state index in [1.54, 1.807) is 16.7 Å². The van der Waals surface area contributed by atoms with Crippen LogP contribution in [0.25, 0.3) is 0 Å². The molecule has 8 nitrogen and oxygen atoms in total. The van der Waals surface area contributed by atoms with Gasteiger partial charge in [-0.05, 0) is 161 Å². The summed E-state index contributed by atoms with van der Waals surface area (Å²) in [4.78, 5) is 12.3. The maximum absolute atomic E-state index is 12.3. The molecule has 0 radical (unpaired) electrons. The van der Waals surface area contributed by atoms with Crippen molar-refractivity contribution in [2.45, 2.75) is 164 Å². The lowest BCUT2D eigenvalue weighted by atomic mass is 9.48. The van der Waals surface area contributed by atoms with Gasteiger partial charge >= 0.3 is 5.97 Å². The van der Waals surface area contributed by atoms with Crippen LogP contribution in [0.15, 0.2) is 47.1 Å². The minimum Gasteiger partial charge on any atom is -0.481 e. The highest BCUT2D eigenvalue weighted by Crippen LogP contribution is 2.69. The molecule has 8 heteroatoms. The fraction of sp³-hybridized carbons (Fsp3) is 0.750. The van der Waals surface area contributed by atoms with Gasteiger partial charge in [0.2, 0.25) is 0 Å². The number of carboxylic acid groups (broad SMARTS) is 1. The number of hydrogen-bond acceptors (Lipinski definition) is 7. The van der Waals surface area contributed by atoms with Gasteiger partial charge < -0.3 is 31.7 Å². The number of aliphatic hydroxyl groups excluding tert-OH is 1. The minimum absolute atomic E-state index is 0.115. The molecule has 10 aliphatic rings. The summed E-state index contributed by atoms with van der Waals surface area (Å²) < 4.78 is 0. The summed E-state index contributed by atoms with van der Waals surface area (Å²) in [7, 11) is 0. The van der Waals surface area contributed by atoms with Crippen LogP contribution >= 0.6 is 0 Å². The molecule has 2 saturated heterocycles. The van der Waals surface area contributed by atoms with E-state index in [9.17, 15) is 20.1 Å². The zero-order valence-corrected chi connectivity index (χ0v) is 31.6. The summed E-state index contributed by atoms with van der Waals surface area (Å²) in [6, 6.07) is 10.4. The second kappa shape index (κ2) is 13.3. The summed E-state index contributed by atoms with van der Waals surface area (Å²) in [5.74, 6) is 2.41. The third-order valence-corrected chi connectivity index (χ3v) is 16.2. The van der Waals surface area contributed by atoms with Crippen molar-refractivity contribution in [2.75, 3.05) is 6.54 Å². The Morgan fingerprint density at radius 3 is 2.71 bits per heavy atom. The average Bonchev–Trinajstić information content (AvgIpc) is 3.72. The third-order valence-electron chi connectivity index (χ3n) is 16.2. The van der Waals surface area contributed by atoms with E-state index in [-0.39, 0.29) is 48.3 Å². The van der Waals surface area contributed by atoms with Crippen LogP contribution < -0.4 is 21.7 Å². The van der Waals surface area contributed by atoms with Crippen molar-refractivity contribution in [2.24, 2.45) is 40.7 Å².